The zero-order valence-electron chi connectivity index (χ0n) is 10.3. The quantitative estimate of drug-likeness (QED) is 0.766. The molecule has 1 aromatic heterocycles. The summed E-state index contributed by atoms with van der Waals surface area (Å²) in [5.74, 6) is -0.382. The van der Waals surface area contributed by atoms with E-state index < -0.39 is 6.04 Å². The Bertz CT molecular complexity index is 385. The summed E-state index contributed by atoms with van der Waals surface area (Å²) in [6, 6.07) is -0.655. The fourth-order valence-electron chi connectivity index (χ4n) is 1.47. The summed E-state index contributed by atoms with van der Waals surface area (Å²) in [5.41, 5.74) is 8.87. The topological polar surface area (TPSA) is 70.1 Å². The molecule has 0 radical (unpaired) electrons. The van der Waals surface area contributed by atoms with Gasteiger partial charge in [-0.3, -0.25) is 9.48 Å². The summed E-state index contributed by atoms with van der Waals surface area (Å²) in [4.78, 5) is 11.4. The third kappa shape index (κ3) is 2.61. The Morgan fingerprint density at radius 2 is 2.12 bits per heavy atom. The van der Waals surface area contributed by atoms with Crippen LogP contribution in [-0.4, -0.2) is 28.4 Å². The number of rotatable bonds is 4. The molecule has 16 heavy (non-hydrogen) atoms. The molecule has 0 aliphatic heterocycles. The van der Waals surface area contributed by atoms with Gasteiger partial charge in [-0.15, -0.1) is 0 Å². The van der Waals surface area contributed by atoms with Crippen LogP contribution in [0.2, 0.25) is 0 Å². The van der Waals surface area contributed by atoms with E-state index in [1.807, 2.05) is 20.8 Å². The van der Waals surface area contributed by atoms with Crippen LogP contribution in [-0.2, 0) is 16.1 Å². The second-order valence-corrected chi connectivity index (χ2v) is 3.84. The lowest BCUT2D eigenvalue weighted by atomic mass is 10.2. The maximum absolute atomic E-state index is 11.4. The summed E-state index contributed by atoms with van der Waals surface area (Å²) < 4.78 is 6.60. The molecule has 0 aliphatic carbocycles. The predicted octanol–water partition coefficient (Wildman–Crippen LogP) is 0.699. The average molecular weight is 225 g/mol. The summed E-state index contributed by atoms with van der Waals surface area (Å²) in [6.07, 6.45) is 0. The summed E-state index contributed by atoms with van der Waals surface area (Å²) in [6.45, 7) is 8.38. The fraction of sp³-hybridized carbons (Fsp3) is 0.636. The third-order valence-electron chi connectivity index (χ3n) is 2.70. The van der Waals surface area contributed by atoms with Crippen molar-refractivity contribution in [1.29, 1.82) is 0 Å². The van der Waals surface area contributed by atoms with Gasteiger partial charge in [0.2, 0.25) is 0 Å². The molecule has 0 aliphatic rings. The smallest absolute Gasteiger partial charge is 0.324 e. The highest BCUT2D eigenvalue weighted by molar-refractivity contribution is 5.75. The Morgan fingerprint density at radius 3 is 2.56 bits per heavy atom. The lowest BCUT2D eigenvalue weighted by Gasteiger charge is -2.11. The zero-order valence-corrected chi connectivity index (χ0v) is 10.3. The molecule has 0 saturated carbocycles. The Balaban J connectivity index is 2.73. The molecule has 5 nitrogen and oxygen atoms in total. The van der Waals surface area contributed by atoms with Gasteiger partial charge in [-0.1, -0.05) is 0 Å². The van der Waals surface area contributed by atoms with Crippen molar-refractivity contribution in [2.45, 2.75) is 40.3 Å². The maximum atomic E-state index is 11.4. The number of hydrogen-bond acceptors (Lipinski definition) is 4. The first-order valence-electron chi connectivity index (χ1n) is 5.40. The van der Waals surface area contributed by atoms with E-state index in [0.29, 0.717) is 13.2 Å². The van der Waals surface area contributed by atoms with Gasteiger partial charge in [0, 0.05) is 5.69 Å². The molecule has 0 aromatic carbocycles. The van der Waals surface area contributed by atoms with E-state index in [4.69, 9.17) is 10.5 Å². The fourth-order valence-corrected chi connectivity index (χ4v) is 1.47. The van der Waals surface area contributed by atoms with Crippen LogP contribution in [0.5, 0.6) is 0 Å². The maximum Gasteiger partial charge on any atom is 0.324 e. The minimum atomic E-state index is -0.655. The van der Waals surface area contributed by atoms with Gasteiger partial charge in [-0.2, -0.15) is 5.10 Å². The van der Waals surface area contributed by atoms with Gasteiger partial charge in [0.1, 0.15) is 6.04 Å². The first kappa shape index (κ1) is 12.7. The van der Waals surface area contributed by atoms with Crippen molar-refractivity contribution in [2.75, 3.05) is 6.61 Å². The average Bonchev–Trinajstić information content (AvgIpc) is 2.47. The number of hydrogen-bond donors (Lipinski definition) is 1. The van der Waals surface area contributed by atoms with Gasteiger partial charge in [0.05, 0.1) is 18.8 Å². The highest BCUT2D eigenvalue weighted by atomic mass is 16.5. The van der Waals surface area contributed by atoms with E-state index >= 15 is 0 Å². The summed E-state index contributed by atoms with van der Waals surface area (Å²) >= 11 is 0. The van der Waals surface area contributed by atoms with Crippen LogP contribution in [0, 0.1) is 20.8 Å². The van der Waals surface area contributed by atoms with Gasteiger partial charge in [-0.05, 0) is 33.3 Å². The van der Waals surface area contributed by atoms with Crippen molar-refractivity contribution in [3.8, 4) is 0 Å². The molecule has 2 N–H and O–H groups in total. The van der Waals surface area contributed by atoms with E-state index in [-0.39, 0.29) is 5.97 Å². The Kier molecular flexibility index (Phi) is 4.06. The molecular formula is C11H19N3O2. The number of carbonyl (C=O) groups is 1. The minimum Gasteiger partial charge on any atom is -0.465 e. The molecular weight excluding hydrogens is 206 g/mol. The first-order valence-corrected chi connectivity index (χ1v) is 5.40. The number of aromatic nitrogens is 2. The number of esters is 1. The van der Waals surface area contributed by atoms with Crippen molar-refractivity contribution in [2.24, 2.45) is 5.73 Å². The van der Waals surface area contributed by atoms with E-state index in [9.17, 15) is 4.79 Å². The van der Waals surface area contributed by atoms with Gasteiger partial charge in [-0.25, -0.2) is 0 Å². The Morgan fingerprint density at radius 1 is 1.50 bits per heavy atom. The molecule has 1 heterocycles. The van der Waals surface area contributed by atoms with Gasteiger partial charge >= 0.3 is 5.97 Å². The molecule has 1 rings (SSSR count). The van der Waals surface area contributed by atoms with Crippen molar-refractivity contribution in [3.63, 3.8) is 0 Å². The highest BCUT2D eigenvalue weighted by Gasteiger charge is 2.17. The van der Waals surface area contributed by atoms with Crippen LogP contribution in [0.4, 0.5) is 0 Å². The van der Waals surface area contributed by atoms with Gasteiger partial charge < -0.3 is 10.5 Å². The largest absolute Gasteiger partial charge is 0.465 e. The number of aryl methyl sites for hydroxylation is 1. The number of ether oxygens (including phenoxy) is 1. The van der Waals surface area contributed by atoms with E-state index in [1.165, 1.54) is 0 Å². The van der Waals surface area contributed by atoms with E-state index in [2.05, 4.69) is 5.10 Å². The third-order valence-corrected chi connectivity index (χ3v) is 2.70. The molecule has 0 fully saturated rings. The molecule has 0 amide bonds. The second-order valence-electron chi connectivity index (χ2n) is 3.84. The zero-order chi connectivity index (χ0) is 12.3. The van der Waals surface area contributed by atoms with Crippen LogP contribution >= 0.6 is 0 Å². The standard InChI is InChI=1S/C11H19N3O2/c1-5-16-11(15)10(12)6-14-9(4)7(2)8(3)13-14/h10H,5-6,12H2,1-4H3. The van der Waals surface area contributed by atoms with E-state index in [1.54, 1.807) is 11.6 Å². The first-order chi connectivity index (χ1) is 7.47. The van der Waals surface area contributed by atoms with E-state index in [0.717, 1.165) is 17.0 Å². The highest BCUT2D eigenvalue weighted by Crippen LogP contribution is 2.11. The van der Waals surface area contributed by atoms with Crippen LogP contribution in [0.3, 0.4) is 0 Å². The van der Waals surface area contributed by atoms with Crippen LogP contribution in [0.25, 0.3) is 0 Å². The predicted molar refractivity (Wildman–Crippen MR) is 61.0 cm³/mol. The molecule has 0 saturated heterocycles. The van der Waals surface area contributed by atoms with Crippen molar-refractivity contribution >= 4 is 5.97 Å². The van der Waals surface area contributed by atoms with Gasteiger partial charge in [0.15, 0.2) is 0 Å². The number of carbonyl (C=O) groups excluding carboxylic acids is 1. The molecule has 0 spiro atoms. The van der Waals surface area contributed by atoms with Crippen molar-refractivity contribution < 1.29 is 9.53 Å². The molecule has 90 valence electrons. The lowest BCUT2D eigenvalue weighted by Crippen LogP contribution is -2.37. The second kappa shape index (κ2) is 5.12. The van der Waals surface area contributed by atoms with Gasteiger partial charge in [0.25, 0.3) is 0 Å². The van der Waals surface area contributed by atoms with Crippen LogP contribution < -0.4 is 5.73 Å². The number of nitrogens with zero attached hydrogens (tertiary/aromatic N) is 2. The van der Waals surface area contributed by atoms with Crippen molar-refractivity contribution in [3.05, 3.63) is 17.0 Å². The summed E-state index contributed by atoms with van der Waals surface area (Å²) in [7, 11) is 0. The molecule has 1 unspecified atom stereocenters. The molecule has 1 atom stereocenters. The molecule has 0 bridgehead atoms. The lowest BCUT2D eigenvalue weighted by molar-refractivity contribution is -0.145. The minimum absolute atomic E-state index is 0.350. The Hall–Kier alpha value is -1.36. The van der Waals surface area contributed by atoms with Crippen LogP contribution in [0.15, 0.2) is 0 Å². The number of nitrogens with two attached hydrogens (primary N) is 1. The Labute approximate surface area is 95.6 Å². The molecule has 1 aromatic rings. The SMILES string of the molecule is CCOC(=O)C(N)Cn1nc(C)c(C)c1C. The normalized spacial score (nSPS) is 12.6. The van der Waals surface area contributed by atoms with Crippen LogP contribution in [0.1, 0.15) is 23.9 Å². The van der Waals surface area contributed by atoms with Crippen molar-refractivity contribution in [1.82, 2.24) is 9.78 Å². The summed E-state index contributed by atoms with van der Waals surface area (Å²) in [5, 5.41) is 4.32. The monoisotopic (exact) mass is 225 g/mol. The molecule has 5 heteroatoms.